The van der Waals surface area contributed by atoms with Crippen molar-refractivity contribution in [3.63, 3.8) is 0 Å². The summed E-state index contributed by atoms with van der Waals surface area (Å²) in [5.41, 5.74) is 0.907. The molecule has 96 valence electrons. The quantitative estimate of drug-likeness (QED) is 0.602. The van der Waals surface area contributed by atoms with E-state index in [-0.39, 0.29) is 24.3 Å². The van der Waals surface area contributed by atoms with Gasteiger partial charge in [-0.05, 0) is 24.6 Å². The Bertz CT molecular complexity index is 458. The van der Waals surface area contributed by atoms with Crippen LogP contribution in [0.1, 0.15) is 18.6 Å². The molecule has 0 unspecified atom stereocenters. The molecule has 0 saturated carbocycles. The highest BCUT2D eigenvalue weighted by molar-refractivity contribution is 5.78. The number of ether oxygens (including phenoxy) is 1. The Kier molecular flexibility index (Phi) is 3.57. The summed E-state index contributed by atoms with van der Waals surface area (Å²) in [4.78, 5) is 23.3. The van der Waals surface area contributed by atoms with E-state index in [4.69, 9.17) is 4.74 Å². The fourth-order valence-electron chi connectivity index (χ4n) is 1.94. The van der Waals surface area contributed by atoms with Gasteiger partial charge in [-0.2, -0.15) is 0 Å². The number of carbonyl (C=O) groups is 1. The SMILES string of the molecule is CCN1C[C@H](c2ccc([N+](=O)[O-])cc2)OCC1=O. The predicted octanol–water partition coefficient (Wildman–Crippen LogP) is 1.51. The van der Waals surface area contributed by atoms with Crippen LogP contribution in [0.5, 0.6) is 0 Å². The number of morpholine rings is 1. The van der Waals surface area contributed by atoms with Crippen molar-refractivity contribution in [3.05, 3.63) is 39.9 Å². The molecule has 1 amide bonds. The zero-order chi connectivity index (χ0) is 13.1. The molecule has 18 heavy (non-hydrogen) atoms. The van der Waals surface area contributed by atoms with E-state index < -0.39 is 4.92 Å². The van der Waals surface area contributed by atoms with Crippen LogP contribution in [0.2, 0.25) is 0 Å². The van der Waals surface area contributed by atoms with Crippen molar-refractivity contribution < 1.29 is 14.5 Å². The van der Waals surface area contributed by atoms with Crippen molar-refractivity contribution in [2.75, 3.05) is 19.7 Å². The number of carbonyl (C=O) groups excluding carboxylic acids is 1. The van der Waals surface area contributed by atoms with Crippen LogP contribution in [0.25, 0.3) is 0 Å². The lowest BCUT2D eigenvalue weighted by Gasteiger charge is -2.32. The zero-order valence-corrected chi connectivity index (χ0v) is 10.0. The fourth-order valence-corrected chi connectivity index (χ4v) is 1.94. The summed E-state index contributed by atoms with van der Waals surface area (Å²) in [6, 6.07) is 6.25. The minimum absolute atomic E-state index is 0.0179. The topological polar surface area (TPSA) is 72.7 Å². The van der Waals surface area contributed by atoms with E-state index in [1.54, 1.807) is 17.0 Å². The van der Waals surface area contributed by atoms with Crippen molar-refractivity contribution in [3.8, 4) is 0 Å². The molecule has 1 atom stereocenters. The highest BCUT2D eigenvalue weighted by atomic mass is 16.6. The van der Waals surface area contributed by atoms with Crippen LogP contribution in [0.15, 0.2) is 24.3 Å². The first kappa shape index (κ1) is 12.5. The molecule has 2 rings (SSSR count). The minimum atomic E-state index is -0.437. The first-order valence-corrected chi connectivity index (χ1v) is 5.75. The highest BCUT2D eigenvalue weighted by Crippen LogP contribution is 2.24. The molecule has 0 radical (unpaired) electrons. The second-order valence-corrected chi connectivity index (χ2v) is 4.08. The van der Waals surface area contributed by atoms with Gasteiger partial charge in [0, 0.05) is 18.7 Å². The first-order chi connectivity index (χ1) is 8.61. The molecule has 6 nitrogen and oxygen atoms in total. The van der Waals surface area contributed by atoms with Gasteiger partial charge in [-0.25, -0.2) is 0 Å². The van der Waals surface area contributed by atoms with Gasteiger partial charge in [-0.3, -0.25) is 14.9 Å². The lowest BCUT2D eigenvalue weighted by atomic mass is 10.1. The van der Waals surface area contributed by atoms with E-state index in [2.05, 4.69) is 0 Å². The Balaban J connectivity index is 2.12. The van der Waals surface area contributed by atoms with Gasteiger partial charge in [0.1, 0.15) is 12.7 Å². The molecule has 1 aromatic carbocycles. The molecular formula is C12H14N2O4. The van der Waals surface area contributed by atoms with Crippen LogP contribution in [-0.2, 0) is 9.53 Å². The van der Waals surface area contributed by atoms with E-state index in [0.29, 0.717) is 13.1 Å². The number of hydrogen-bond acceptors (Lipinski definition) is 4. The maximum Gasteiger partial charge on any atom is 0.269 e. The summed E-state index contributed by atoms with van der Waals surface area (Å²) in [7, 11) is 0. The monoisotopic (exact) mass is 250 g/mol. The van der Waals surface area contributed by atoms with E-state index in [9.17, 15) is 14.9 Å². The van der Waals surface area contributed by atoms with Crippen molar-refractivity contribution >= 4 is 11.6 Å². The largest absolute Gasteiger partial charge is 0.362 e. The van der Waals surface area contributed by atoms with Crippen LogP contribution >= 0.6 is 0 Å². The molecular weight excluding hydrogens is 236 g/mol. The number of likely N-dealkylation sites (N-methyl/N-ethyl adjacent to an activating group) is 1. The third-order valence-corrected chi connectivity index (χ3v) is 3.00. The highest BCUT2D eigenvalue weighted by Gasteiger charge is 2.26. The molecule has 1 heterocycles. The Labute approximate surface area is 104 Å². The maximum absolute atomic E-state index is 11.5. The number of hydrogen-bond donors (Lipinski definition) is 0. The van der Waals surface area contributed by atoms with Gasteiger partial charge in [0.15, 0.2) is 0 Å². The number of nitro benzene ring substituents is 1. The van der Waals surface area contributed by atoms with E-state index in [1.807, 2.05) is 6.92 Å². The third-order valence-electron chi connectivity index (χ3n) is 3.00. The fraction of sp³-hybridized carbons (Fsp3) is 0.417. The molecule has 1 aromatic rings. The van der Waals surface area contributed by atoms with E-state index in [0.717, 1.165) is 5.56 Å². The maximum atomic E-state index is 11.5. The summed E-state index contributed by atoms with van der Waals surface area (Å²) >= 11 is 0. The average molecular weight is 250 g/mol. The molecule has 0 spiro atoms. The van der Waals surface area contributed by atoms with Gasteiger partial charge in [0.05, 0.1) is 11.5 Å². The third kappa shape index (κ3) is 2.48. The Morgan fingerprint density at radius 3 is 2.67 bits per heavy atom. The summed E-state index contributed by atoms with van der Waals surface area (Å²) in [6.45, 7) is 3.12. The van der Waals surface area contributed by atoms with Crippen molar-refractivity contribution in [1.29, 1.82) is 0 Å². The number of benzene rings is 1. The molecule has 0 aliphatic carbocycles. The second kappa shape index (κ2) is 5.14. The predicted molar refractivity (Wildman–Crippen MR) is 64.0 cm³/mol. The van der Waals surface area contributed by atoms with E-state index >= 15 is 0 Å². The van der Waals surface area contributed by atoms with Crippen LogP contribution < -0.4 is 0 Å². The number of amides is 1. The Hall–Kier alpha value is -1.95. The molecule has 1 saturated heterocycles. The molecule has 1 aliphatic heterocycles. The lowest BCUT2D eigenvalue weighted by Crippen LogP contribution is -2.42. The smallest absolute Gasteiger partial charge is 0.269 e. The summed E-state index contributed by atoms with van der Waals surface area (Å²) in [5, 5.41) is 10.6. The normalized spacial score (nSPS) is 19.9. The molecule has 6 heteroatoms. The average Bonchev–Trinajstić information content (AvgIpc) is 2.39. The number of nitro groups is 1. The number of rotatable bonds is 3. The lowest BCUT2D eigenvalue weighted by molar-refractivity contribution is -0.384. The van der Waals surface area contributed by atoms with Crippen LogP contribution in [-0.4, -0.2) is 35.4 Å². The van der Waals surface area contributed by atoms with Crippen LogP contribution in [0.4, 0.5) is 5.69 Å². The van der Waals surface area contributed by atoms with Gasteiger partial charge < -0.3 is 9.64 Å². The standard InChI is InChI=1S/C12H14N2O4/c1-2-13-7-11(18-8-12(13)15)9-3-5-10(6-4-9)14(16)17/h3-6,11H,2,7-8H2,1H3/t11-/m1/s1. The number of non-ortho nitro benzene ring substituents is 1. The van der Waals surface area contributed by atoms with E-state index in [1.165, 1.54) is 12.1 Å². The molecule has 1 fully saturated rings. The van der Waals surface area contributed by atoms with Gasteiger partial charge in [0.25, 0.3) is 5.69 Å². The van der Waals surface area contributed by atoms with Gasteiger partial charge >= 0.3 is 0 Å². The summed E-state index contributed by atoms with van der Waals surface area (Å²) < 4.78 is 5.45. The van der Waals surface area contributed by atoms with Crippen molar-refractivity contribution in [1.82, 2.24) is 4.90 Å². The summed E-state index contributed by atoms with van der Waals surface area (Å²) in [6.07, 6.45) is -0.205. The Morgan fingerprint density at radius 1 is 1.44 bits per heavy atom. The van der Waals surface area contributed by atoms with Crippen molar-refractivity contribution in [2.24, 2.45) is 0 Å². The van der Waals surface area contributed by atoms with Crippen molar-refractivity contribution in [2.45, 2.75) is 13.0 Å². The molecule has 1 aliphatic rings. The van der Waals surface area contributed by atoms with Gasteiger partial charge in [0.2, 0.25) is 5.91 Å². The van der Waals surface area contributed by atoms with Gasteiger partial charge in [-0.1, -0.05) is 0 Å². The molecule has 0 N–H and O–H groups in total. The second-order valence-electron chi connectivity index (χ2n) is 4.08. The van der Waals surface area contributed by atoms with Crippen LogP contribution in [0, 0.1) is 10.1 Å². The first-order valence-electron chi connectivity index (χ1n) is 5.75. The summed E-state index contributed by atoms with van der Waals surface area (Å²) in [5.74, 6) is -0.0179. The molecule has 0 bridgehead atoms. The minimum Gasteiger partial charge on any atom is -0.362 e. The van der Waals surface area contributed by atoms with Crippen LogP contribution in [0.3, 0.4) is 0 Å². The number of nitrogens with zero attached hydrogens (tertiary/aromatic N) is 2. The molecule has 0 aromatic heterocycles. The van der Waals surface area contributed by atoms with Gasteiger partial charge in [-0.15, -0.1) is 0 Å². The zero-order valence-electron chi connectivity index (χ0n) is 10.0. The Morgan fingerprint density at radius 2 is 2.11 bits per heavy atom.